The number of anilines is 2. The van der Waals surface area contributed by atoms with Gasteiger partial charge < -0.3 is 11.1 Å². The molecule has 1 unspecified atom stereocenters. The van der Waals surface area contributed by atoms with Gasteiger partial charge in [0.05, 0.1) is 6.42 Å². The molecule has 18 heavy (non-hydrogen) atoms. The Labute approximate surface area is 113 Å². The summed E-state index contributed by atoms with van der Waals surface area (Å²) in [7, 11) is 1.50. The van der Waals surface area contributed by atoms with E-state index in [-0.39, 0.29) is 18.2 Å². The minimum atomic E-state index is -0.498. The Morgan fingerprint density at radius 2 is 2.11 bits per heavy atom. The molecular weight excluding hydrogens is 298 g/mol. The number of likely N-dealkylation sites (N-methyl/N-ethyl adjacent to an activating group) is 1. The van der Waals surface area contributed by atoms with Crippen molar-refractivity contribution in [3.05, 3.63) is 22.2 Å². The summed E-state index contributed by atoms with van der Waals surface area (Å²) in [6.45, 7) is 1.89. The molecule has 6 heteroatoms. The Morgan fingerprint density at radius 1 is 1.44 bits per heavy atom. The first-order valence-electron chi connectivity index (χ1n) is 5.52. The Kier molecular flexibility index (Phi) is 3.30. The number of hydrogen-bond donors (Lipinski definition) is 2. The molecule has 1 aliphatic rings. The molecule has 2 amide bonds. The number of benzene rings is 1. The lowest BCUT2D eigenvalue weighted by atomic mass is 10.1. The van der Waals surface area contributed by atoms with Gasteiger partial charge in [-0.05, 0) is 40.5 Å². The third-order valence-electron chi connectivity index (χ3n) is 3.07. The van der Waals surface area contributed by atoms with E-state index in [0.717, 1.165) is 20.6 Å². The number of nitrogens with one attached hydrogen (secondary N) is 1. The molecule has 0 saturated carbocycles. The summed E-state index contributed by atoms with van der Waals surface area (Å²) in [5.41, 5.74) is 8.15. The van der Waals surface area contributed by atoms with Crippen LogP contribution in [0.2, 0.25) is 0 Å². The first kappa shape index (κ1) is 12.9. The number of carbonyl (C=O) groups excluding carboxylic acids is 2. The van der Waals surface area contributed by atoms with E-state index in [9.17, 15) is 9.59 Å². The van der Waals surface area contributed by atoms with Crippen LogP contribution >= 0.6 is 15.9 Å². The van der Waals surface area contributed by atoms with Crippen LogP contribution in [0.5, 0.6) is 0 Å². The number of aryl methyl sites for hydroxylation is 1. The smallest absolute Gasteiger partial charge is 0.251 e. The van der Waals surface area contributed by atoms with Crippen LogP contribution in [0.1, 0.15) is 12.0 Å². The monoisotopic (exact) mass is 311 g/mol. The van der Waals surface area contributed by atoms with Crippen molar-refractivity contribution in [2.75, 3.05) is 18.1 Å². The molecule has 0 aromatic heterocycles. The highest BCUT2D eigenvalue weighted by atomic mass is 79.9. The molecule has 3 N–H and O–H groups in total. The highest BCUT2D eigenvalue weighted by Crippen LogP contribution is 2.29. The van der Waals surface area contributed by atoms with Gasteiger partial charge in [-0.1, -0.05) is 0 Å². The summed E-state index contributed by atoms with van der Waals surface area (Å²) >= 11 is 3.39. The number of carbonyl (C=O) groups is 2. The summed E-state index contributed by atoms with van der Waals surface area (Å²) in [6.07, 6.45) is 0.186. The number of imide groups is 1. The zero-order chi connectivity index (χ0) is 13.4. The van der Waals surface area contributed by atoms with Gasteiger partial charge in [-0.25, -0.2) is 0 Å². The number of hydrogen-bond acceptors (Lipinski definition) is 4. The summed E-state index contributed by atoms with van der Waals surface area (Å²) in [4.78, 5) is 24.4. The average Bonchev–Trinajstić information content (AvgIpc) is 2.54. The summed E-state index contributed by atoms with van der Waals surface area (Å²) in [5.74, 6) is -0.373. The predicted octanol–water partition coefficient (Wildman–Crippen LogP) is 1.51. The van der Waals surface area contributed by atoms with Crippen molar-refractivity contribution in [3.63, 3.8) is 0 Å². The number of rotatable bonds is 2. The van der Waals surface area contributed by atoms with E-state index >= 15 is 0 Å². The van der Waals surface area contributed by atoms with E-state index in [4.69, 9.17) is 5.73 Å². The maximum absolute atomic E-state index is 11.8. The fourth-order valence-electron chi connectivity index (χ4n) is 1.86. The fraction of sp³-hybridized carbons (Fsp3) is 0.333. The third-order valence-corrected chi connectivity index (χ3v) is 3.72. The van der Waals surface area contributed by atoms with Gasteiger partial charge in [0.2, 0.25) is 5.91 Å². The average molecular weight is 312 g/mol. The Morgan fingerprint density at radius 3 is 2.67 bits per heavy atom. The standard InChI is InChI=1S/C12H14BrN3O2/c1-6-3-9(7(13)4-8(6)14)15-10-5-11(17)16(2)12(10)18/h3-4,10,15H,5,14H2,1-2H3. The molecule has 1 atom stereocenters. The van der Waals surface area contributed by atoms with Crippen LogP contribution in [0.25, 0.3) is 0 Å². The van der Waals surface area contributed by atoms with Crippen molar-refractivity contribution < 1.29 is 9.59 Å². The second-order valence-corrected chi connectivity index (χ2v) is 5.24. The number of nitrogens with two attached hydrogens (primary N) is 1. The summed E-state index contributed by atoms with van der Waals surface area (Å²) in [5, 5.41) is 3.07. The first-order valence-corrected chi connectivity index (χ1v) is 6.32. The largest absolute Gasteiger partial charge is 0.398 e. The van der Waals surface area contributed by atoms with Crippen LogP contribution in [0, 0.1) is 6.92 Å². The van der Waals surface area contributed by atoms with E-state index in [1.165, 1.54) is 7.05 Å². The SMILES string of the molecule is Cc1cc(NC2CC(=O)N(C)C2=O)c(Br)cc1N. The van der Waals surface area contributed by atoms with Crippen molar-refractivity contribution in [3.8, 4) is 0 Å². The Balaban J connectivity index is 2.23. The predicted molar refractivity (Wildman–Crippen MR) is 73.1 cm³/mol. The Hall–Kier alpha value is -1.56. The third kappa shape index (κ3) is 2.20. The van der Waals surface area contributed by atoms with E-state index in [1.807, 2.05) is 13.0 Å². The van der Waals surface area contributed by atoms with Crippen molar-refractivity contribution in [1.82, 2.24) is 4.90 Å². The van der Waals surface area contributed by atoms with Gasteiger partial charge >= 0.3 is 0 Å². The van der Waals surface area contributed by atoms with E-state index in [2.05, 4.69) is 21.2 Å². The maximum atomic E-state index is 11.8. The zero-order valence-corrected chi connectivity index (χ0v) is 11.7. The fourth-order valence-corrected chi connectivity index (χ4v) is 2.34. The van der Waals surface area contributed by atoms with Crippen LogP contribution in [0.15, 0.2) is 16.6 Å². The molecule has 5 nitrogen and oxygen atoms in total. The van der Waals surface area contributed by atoms with Crippen molar-refractivity contribution in [1.29, 1.82) is 0 Å². The topological polar surface area (TPSA) is 75.4 Å². The van der Waals surface area contributed by atoms with Gasteiger partial charge in [0.1, 0.15) is 6.04 Å². The molecule has 0 bridgehead atoms. The molecule has 1 fully saturated rings. The molecule has 0 spiro atoms. The van der Waals surface area contributed by atoms with E-state index < -0.39 is 6.04 Å². The second kappa shape index (κ2) is 4.61. The number of amides is 2. The maximum Gasteiger partial charge on any atom is 0.251 e. The van der Waals surface area contributed by atoms with Crippen LogP contribution < -0.4 is 11.1 Å². The molecule has 1 heterocycles. The van der Waals surface area contributed by atoms with Crippen molar-refractivity contribution in [2.45, 2.75) is 19.4 Å². The van der Waals surface area contributed by atoms with Crippen LogP contribution in [-0.4, -0.2) is 29.8 Å². The minimum absolute atomic E-state index is 0.166. The highest BCUT2D eigenvalue weighted by molar-refractivity contribution is 9.10. The molecule has 2 rings (SSSR count). The van der Waals surface area contributed by atoms with E-state index in [1.54, 1.807) is 6.07 Å². The van der Waals surface area contributed by atoms with Gasteiger partial charge in [0, 0.05) is 22.9 Å². The normalized spacial score (nSPS) is 19.5. The molecular formula is C12H14BrN3O2. The molecule has 1 aliphatic heterocycles. The quantitative estimate of drug-likeness (QED) is 0.641. The number of halogens is 1. The van der Waals surface area contributed by atoms with Gasteiger partial charge in [0.25, 0.3) is 5.91 Å². The molecule has 1 aromatic carbocycles. The minimum Gasteiger partial charge on any atom is -0.398 e. The van der Waals surface area contributed by atoms with E-state index in [0.29, 0.717) is 5.69 Å². The lowest BCUT2D eigenvalue weighted by molar-refractivity contribution is -0.136. The highest BCUT2D eigenvalue weighted by Gasteiger charge is 2.36. The summed E-state index contributed by atoms with van der Waals surface area (Å²) < 4.78 is 0.778. The number of nitrogen functional groups attached to an aromatic ring is 1. The summed E-state index contributed by atoms with van der Waals surface area (Å²) in [6, 6.07) is 3.14. The first-order chi connectivity index (χ1) is 8.40. The number of nitrogens with zero attached hydrogens (tertiary/aromatic N) is 1. The van der Waals surface area contributed by atoms with Crippen molar-refractivity contribution in [2.24, 2.45) is 0 Å². The van der Waals surface area contributed by atoms with Crippen LogP contribution in [-0.2, 0) is 9.59 Å². The molecule has 0 radical (unpaired) electrons. The van der Waals surface area contributed by atoms with Crippen LogP contribution in [0.3, 0.4) is 0 Å². The van der Waals surface area contributed by atoms with Crippen molar-refractivity contribution >= 4 is 39.1 Å². The second-order valence-electron chi connectivity index (χ2n) is 4.38. The van der Waals surface area contributed by atoms with Gasteiger partial charge in [0.15, 0.2) is 0 Å². The zero-order valence-electron chi connectivity index (χ0n) is 10.2. The molecule has 96 valence electrons. The lowest BCUT2D eigenvalue weighted by Gasteiger charge is -2.15. The molecule has 0 aliphatic carbocycles. The molecule has 1 aromatic rings. The van der Waals surface area contributed by atoms with Gasteiger partial charge in [-0.15, -0.1) is 0 Å². The van der Waals surface area contributed by atoms with Gasteiger partial charge in [-0.3, -0.25) is 14.5 Å². The Bertz CT molecular complexity index is 530. The number of likely N-dealkylation sites (tertiary alicyclic amines) is 1. The van der Waals surface area contributed by atoms with Crippen LogP contribution in [0.4, 0.5) is 11.4 Å². The molecule has 1 saturated heterocycles. The lowest BCUT2D eigenvalue weighted by Crippen LogP contribution is -2.31. The van der Waals surface area contributed by atoms with Gasteiger partial charge in [-0.2, -0.15) is 0 Å².